The summed E-state index contributed by atoms with van der Waals surface area (Å²) in [5, 5.41) is 13.3. The smallest absolute Gasteiger partial charge is 0.433 e. The highest BCUT2D eigenvalue weighted by atomic mass is 35.5. The van der Waals surface area contributed by atoms with Gasteiger partial charge in [-0.1, -0.05) is 58.6 Å². The number of allylic oxidation sites excluding steroid dienone is 3. The Morgan fingerprint density at radius 2 is 1.69 bits per heavy atom. The molecule has 3 fully saturated rings. The first kappa shape index (κ1) is 40.6. The van der Waals surface area contributed by atoms with Gasteiger partial charge in [-0.2, -0.15) is 23.2 Å². The zero-order valence-electron chi connectivity index (χ0n) is 32.0. The number of halogens is 6. The molecule has 4 heterocycles. The molecule has 0 radical (unpaired) electrons. The first-order valence-electron chi connectivity index (χ1n) is 19.0. The number of nitrogens with one attached hydrogen (secondary N) is 1. The van der Waals surface area contributed by atoms with Gasteiger partial charge >= 0.3 is 6.18 Å². The average Bonchev–Trinajstić information content (AvgIpc) is 3.61. The van der Waals surface area contributed by atoms with Crippen LogP contribution in [0.1, 0.15) is 29.7 Å². The first-order valence-corrected chi connectivity index (χ1v) is 20.1. The Morgan fingerprint density at radius 1 is 0.934 bits per heavy atom. The Kier molecular flexibility index (Phi) is 9.79. The van der Waals surface area contributed by atoms with E-state index in [-0.39, 0.29) is 40.7 Å². The summed E-state index contributed by atoms with van der Waals surface area (Å²) < 4.78 is 52.9. The number of amides is 4. The van der Waals surface area contributed by atoms with Crippen molar-refractivity contribution in [2.45, 2.75) is 30.9 Å². The molecule has 6 atom stereocenters. The van der Waals surface area contributed by atoms with Gasteiger partial charge in [-0.25, -0.2) is 4.98 Å². The number of hydrogen-bond acceptors (Lipinski definition) is 10. The van der Waals surface area contributed by atoms with Gasteiger partial charge in [-0.15, -0.1) is 0 Å². The molecule has 1 aromatic heterocycles. The summed E-state index contributed by atoms with van der Waals surface area (Å²) >= 11 is 19.1. The van der Waals surface area contributed by atoms with E-state index in [0.29, 0.717) is 44.9 Å². The normalized spacial score (nSPS) is 25.5. The summed E-state index contributed by atoms with van der Waals surface area (Å²) in [5.74, 6) is -7.28. The lowest BCUT2D eigenvalue weighted by Gasteiger charge is -2.51. The van der Waals surface area contributed by atoms with E-state index in [2.05, 4.69) is 10.4 Å². The topological polar surface area (TPSA) is 142 Å². The minimum Gasteiger partial charge on any atom is -0.508 e. The van der Waals surface area contributed by atoms with E-state index >= 15 is 9.59 Å². The number of nitrogens with zero attached hydrogens (tertiary/aromatic N) is 4. The van der Waals surface area contributed by atoms with Gasteiger partial charge in [0.05, 0.1) is 52.3 Å². The van der Waals surface area contributed by atoms with E-state index in [1.54, 1.807) is 42.5 Å². The van der Waals surface area contributed by atoms with Crippen LogP contribution < -0.4 is 19.9 Å². The largest absolute Gasteiger partial charge is 0.508 e. The Balaban J connectivity index is 1.20. The third-order valence-electron chi connectivity index (χ3n) is 12.4. The van der Waals surface area contributed by atoms with Gasteiger partial charge in [0.2, 0.25) is 0 Å². The van der Waals surface area contributed by atoms with Crippen LogP contribution in [0, 0.1) is 29.6 Å². The molecular weight excluding hydrogens is 862 g/mol. The van der Waals surface area contributed by atoms with Crippen molar-refractivity contribution in [2.75, 3.05) is 24.6 Å². The number of alkyl halides is 3. The number of benzene rings is 3. The molecule has 0 bridgehead atoms. The maximum atomic E-state index is 15.6. The van der Waals surface area contributed by atoms with Crippen molar-refractivity contribution >= 4 is 69.9 Å². The average molecular weight is 895 g/mol. The van der Waals surface area contributed by atoms with Gasteiger partial charge in [0, 0.05) is 30.0 Å². The number of carbonyl (C=O) groups is 4. The second-order valence-corrected chi connectivity index (χ2v) is 16.8. The van der Waals surface area contributed by atoms with Gasteiger partial charge in [-0.3, -0.25) is 29.6 Å². The number of hydrogen-bond donors (Lipinski definition) is 2. The Morgan fingerprint density at radius 3 is 2.39 bits per heavy atom. The SMILES string of the molecule is COc1ccc(C23C(=O)N(Nc4ccc(Cl)cc4Cl)C(=O)C2CC2C(=CCC4C(=O)N(N(C)c5nc(C(F)(F)F)ccc5Cl)C(=O)C42)C3C2=COc3ccc(O)cc3C2)cc1. The van der Waals surface area contributed by atoms with Gasteiger partial charge in [0.15, 0.2) is 5.82 Å². The molecule has 3 aliphatic heterocycles. The molecule has 3 aromatic carbocycles. The van der Waals surface area contributed by atoms with Gasteiger partial charge in [0.1, 0.15) is 22.9 Å². The number of aromatic nitrogens is 1. The Labute approximate surface area is 361 Å². The van der Waals surface area contributed by atoms with E-state index in [9.17, 15) is 27.9 Å². The van der Waals surface area contributed by atoms with Crippen molar-refractivity contribution in [3.63, 3.8) is 0 Å². The van der Waals surface area contributed by atoms with Crippen LogP contribution in [0.25, 0.3) is 0 Å². The predicted octanol–water partition coefficient (Wildman–Crippen LogP) is 8.16. The molecule has 314 valence electrons. The summed E-state index contributed by atoms with van der Waals surface area (Å²) in [6.07, 6.45) is -1.40. The number of phenolic OH excluding ortho intramolecular Hbond substituents is 1. The van der Waals surface area contributed by atoms with Crippen LogP contribution >= 0.6 is 34.8 Å². The number of carbonyl (C=O) groups excluding carboxylic acids is 4. The second kappa shape index (κ2) is 14.7. The number of anilines is 2. The minimum absolute atomic E-state index is 0.0189. The van der Waals surface area contributed by atoms with Gasteiger partial charge in [-0.05, 0) is 90.6 Å². The van der Waals surface area contributed by atoms with Crippen LogP contribution in [0.2, 0.25) is 15.1 Å². The van der Waals surface area contributed by atoms with Crippen molar-refractivity contribution in [3.05, 3.63) is 128 Å². The summed E-state index contributed by atoms with van der Waals surface area (Å²) in [6.45, 7) is 0. The predicted molar refractivity (Wildman–Crippen MR) is 216 cm³/mol. The van der Waals surface area contributed by atoms with E-state index in [1.807, 2.05) is 6.08 Å². The molecular formula is C43H33Cl3F3N5O7. The van der Waals surface area contributed by atoms with Gasteiger partial charge in [0.25, 0.3) is 23.6 Å². The lowest BCUT2D eigenvalue weighted by molar-refractivity contribution is -0.142. The van der Waals surface area contributed by atoms with E-state index < -0.39 is 76.3 Å². The number of ether oxygens (including phenoxy) is 2. The quantitative estimate of drug-likeness (QED) is 0.138. The minimum atomic E-state index is -4.84. The number of methoxy groups -OCH3 is 1. The van der Waals surface area contributed by atoms with Crippen molar-refractivity contribution < 1.29 is 46.9 Å². The monoisotopic (exact) mass is 893 g/mol. The Hall–Kier alpha value is -5.77. The zero-order valence-corrected chi connectivity index (χ0v) is 34.3. The molecule has 0 spiro atoms. The first-order chi connectivity index (χ1) is 29.0. The summed E-state index contributed by atoms with van der Waals surface area (Å²) in [7, 11) is 2.73. The fourth-order valence-corrected chi connectivity index (χ4v) is 10.5. The second-order valence-electron chi connectivity index (χ2n) is 15.5. The number of hydrazine groups is 2. The number of rotatable bonds is 7. The molecule has 4 amide bonds. The van der Waals surface area contributed by atoms with Crippen LogP contribution in [0.5, 0.6) is 17.2 Å². The molecule has 6 unspecified atom stereocenters. The van der Waals surface area contributed by atoms with Crippen LogP contribution in [0.15, 0.2) is 96.3 Å². The molecule has 18 heteroatoms. The van der Waals surface area contributed by atoms with E-state index in [1.165, 1.54) is 38.6 Å². The Bertz CT molecular complexity index is 2620. The fourth-order valence-electron chi connectivity index (χ4n) is 9.85. The number of pyridine rings is 1. The van der Waals surface area contributed by atoms with Crippen molar-refractivity contribution in [2.24, 2.45) is 29.6 Å². The molecule has 2 aliphatic carbocycles. The molecule has 5 aliphatic rings. The molecule has 2 N–H and O–H groups in total. The highest BCUT2D eigenvalue weighted by Crippen LogP contribution is 2.63. The lowest BCUT2D eigenvalue weighted by Crippen LogP contribution is -2.55. The van der Waals surface area contributed by atoms with Crippen LogP contribution in [-0.2, 0) is 37.2 Å². The van der Waals surface area contributed by atoms with Gasteiger partial charge < -0.3 is 14.6 Å². The maximum Gasteiger partial charge on any atom is 0.433 e. The maximum absolute atomic E-state index is 15.6. The van der Waals surface area contributed by atoms with Crippen molar-refractivity contribution in [3.8, 4) is 17.2 Å². The fraction of sp³-hybridized carbons (Fsp3) is 0.279. The molecule has 2 saturated heterocycles. The third-order valence-corrected chi connectivity index (χ3v) is 13.3. The van der Waals surface area contributed by atoms with Crippen molar-refractivity contribution in [1.29, 1.82) is 0 Å². The molecule has 9 rings (SSSR count). The van der Waals surface area contributed by atoms with E-state index in [0.717, 1.165) is 21.1 Å². The zero-order chi connectivity index (χ0) is 43.3. The molecule has 1 saturated carbocycles. The third kappa shape index (κ3) is 6.30. The summed E-state index contributed by atoms with van der Waals surface area (Å²) in [5.41, 5.74) is 2.39. The summed E-state index contributed by atoms with van der Waals surface area (Å²) in [4.78, 5) is 63.4. The number of fused-ring (bicyclic) bond motifs is 5. The number of phenols is 1. The summed E-state index contributed by atoms with van der Waals surface area (Å²) in [6, 6.07) is 17.6. The van der Waals surface area contributed by atoms with Crippen LogP contribution in [-0.4, -0.2) is 57.9 Å². The lowest BCUT2D eigenvalue weighted by atomic mass is 9.48. The van der Waals surface area contributed by atoms with E-state index in [4.69, 9.17) is 44.3 Å². The molecule has 12 nitrogen and oxygen atoms in total. The molecule has 4 aromatic rings. The molecule has 61 heavy (non-hydrogen) atoms. The highest BCUT2D eigenvalue weighted by molar-refractivity contribution is 6.36. The highest BCUT2D eigenvalue weighted by Gasteiger charge is 2.71. The number of imide groups is 2. The standard InChI is InChI=1S/C43H33Cl3F3N5O7/c1-52(37-30(45)11-14-34(50-37)43(47,48)49)54-38(56)27-10-9-26-28(35(27)40(54)58)18-29-39(57)53(51-32-12-5-23(44)17-31(32)46)41(59)42(29,22-3-7-25(60-2)8-4-22)36(26)21-15-20-16-24(55)6-13-33(20)61-19-21/h3-9,11-14,16-17,19,27-29,35-36,51,55H,10,15,18H2,1-2H3. The van der Waals surface area contributed by atoms with Crippen LogP contribution in [0.4, 0.5) is 24.7 Å². The van der Waals surface area contributed by atoms with Crippen LogP contribution in [0.3, 0.4) is 0 Å². The number of aromatic hydroxyl groups is 1. The van der Waals surface area contributed by atoms with Crippen molar-refractivity contribution in [1.82, 2.24) is 15.0 Å².